The second kappa shape index (κ2) is 8.30. The monoisotopic (exact) mass is 507 g/mol. The molecule has 7 rings (SSSR count). The summed E-state index contributed by atoms with van der Waals surface area (Å²) in [5.41, 5.74) is 0.275. The van der Waals surface area contributed by atoms with Crippen molar-refractivity contribution in [3.05, 3.63) is 69.8 Å². The first-order valence-electron chi connectivity index (χ1n) is 12.2. The van der Waals surface area contributed by atoms with Crippen molar-refractivity contribution in [3.8, 4) is 11.5 Å². The molecule has 4 fully saturated rings. The van der Waals surface area contributed by atoms with Crippen molar-refractivity contribution in [2.75, 3.05) is 5.32 Å². The molecule has 1 heterocycles. The van der Waals surface area contributed by atoms with Gasteiger partial charge in [-0.25, -0.2) is 9.67 Å². The fraction of sp³-hybridized carbons (Fsp3) is 0.423. The van der Waals surface area contributed by atoms with Crippen LogP contribution in [0.2, 0.25) is 5.28 Å². The van der Waals surface area contributed by atoms with Gasteiger partial charge in [0.2, 0.25) is 11.2 Å². The molecule has 1 N–H and O–H groups in total. The van der Waals surface area contributed by atoms with Gasteiger partial charge in [0.05, 0.1) is 27.6 Å². The Kier molecular flexibility index (Phi) is 5.29. The van der Waals surface area contributed by atoms with Gasteiger partial charge in [0, 0.05) is 12.1 Å². The van der Waals surface area contributed by atoms with E-state index in [9.17, 15) is 14.9 Å². The number of nitrogens with one attached hydrogen (secondary N) is 1. The number of aromatic nitrogens is 3. The molecule has 10 heteroatoms. The highest BCUT2D eigenvalue weighted by molar-refractivity contribution is 6.28. The van der Waals surface area contributed by atoms with Crippen molar-refractivity contribution >= 4 is 28.9 Å². The quantitative estimate of drug-likeness (QED) is 0.329. The number of rotatable bonds is 6. The highest BCUT2D eigenvalue weighted by atomic mass is 35.5. The molecule has 186 valence electrons. The number of aryl methyl sites for hydroxylation is 1. The van der Waals surface area contributed by atoms with Gasteiger partial charge in [-0.1, -0.05) is 18.2 Å². The molecule has 4 bridgehead atoms. The first-order valence-corrected chi connectivity index (χ1v) is 12.5. The predicted molar refractivity (Wildman–Crippen MR) is 133 cm³/mol. The number of anilines is 1. The zero-order chi connectivity index (χ0) is 25.1. The van der Waals surface area contributed by atoms with E-state index in [4.69, 9.17) is 16.3 Å². The van der Waals surface area contributed by atoms with E-state index in [-0.39, 0.29) is 22.4 Å². The molecule has 0 unspecified atom stereocenters. The van der Waals surface area contributed by atoms with Crippen LogP contribution < -0.4 is 10.1 Å². The zero-order valence-corrected chi connectivity index (χ0v) is 20.6. The number of ether oxygens (including phenoxy) is 1. The minimum atomic E-state index is -0.565. The third-order valence-electron chi connectivity index (χ3n) is 8.14. The number of non-ortho nitro benzene ring substituents is 1. The van der Waals surface area contributed by atoms with Gasteiger partial charge in [-0.3, -0.25) is 14.9 Å². The summed E-state index contributed by atoms with van der Waals surface area (Å²) in [5, 5.41) is 19.3. The predicted octanol–water partition coefficient (Wildman–Crippen LogP) is 5.87. The molecule has 2 atom stereocenters. The second-order valence-corrected chi connectivity index (χ2v) is 11.1. The largest absolute Gasteiger partial charge is 0.457 e. The smallest absolute Gasteiger partial charge is 0.275 e. The Morgan fingerprint density at radius 1 is 1.19 bits per heavy atom. The van der Waals surface area contributed by atoms with Crippen LogP contribution in [0.15, 0.2) is 48.8 Å². The number of nitro benzene ring substituents is 1. The molecule has 1 amide bonds. The van der Waals surface area contributed by atoms with E-state index in [1.165, 1.54) is 12.1 Å². The Morgan fingerprint density at radius 2 is 1.94 bits per heavy atom. The van der Waals surface area contributed by atoms with Gasteiger partial charge in [-0.2, -0.15) is 0 Å². The van der Waals surface area contributed by atoms with Crippen LogP contribution in [0, 0.1) is 34.3 Å². The van der Waals surface area contributed by atoms with Gasteiger partial charge < -0.3 is 10.1 Å². The Labute approximate surface area is 213 Å². The highest BCUT2D eigenvalue weighted by Gasteiger charge is 2.61. The molecule has 4 aliphatic rings. The number of hydrogen-bond acceptors (Lipinski definition) is 6. The van der Waals surface area contributed by atoms with Gasteiger partial charge in [0.25, 0.3) is 5.69 Å². The lowest BCUT2D eigenvalue weighted by molar-refractivity contribution is -0.384. The number of carbonyl (C=O) groups excluding carboxylic acids is 1. The number of hydrogen-bond donors (Lipinski definition) is 1. The lowest BCUT2D eigenvalue weighted by Crippen LogP contribution is -2.60. The van der Waals surface area contributed by atoms with E-state index in [1.807, 2.05) is 29.8 Å². The van der Waals surface area contributed by atoms with Crippen LogP contribution in [0.5, 0.6) is 11.5 Å². The molecule has 0 radical (unpaired) electrons. The van der Waals surface area contributed by atoms with Gasteiger partial charge in [0.15, 0.2) is 0 Å². The Morgan fingerprint density at radius 3 is 2.61 bits per heavy atom. The van der Waals surface area contributed by atoms with Crippen LogP contribution in [-0.2, 0) is 10.3 Å². The number of nitro groups is 1. The fourth-order valence-corrected chi connectivity index (χ4v) is 7.23. The average molecular weight is 508 g/mol. The Balaban J connectivity index is 1.30. The number of benzene rings is 2. The lowest BCUT2D eigenvalue weighted by Gasteiger charge is -2.60. The maximum absolute atomic E-state index is 13.9. The molecular formula is C26H26ClN5O4. The summed E-state index contributed by atoms with van der Waals surface area (Å²) in [6.45, 7) is 1.90. The standard InChI is InChI=1S/C26H26ClN5O4/c1-16-4-2-3-5-22(16)36-21-8-19(7-20(9-21)32(34)35)29-23(33)25-10-17-6-18(11-25)13-26(12-17,14-25)31-15-28-24(27)30-31/h2-5,7-9,15,17-18H,6,10-14H2,1H3,(H,29,33)/t17-,18-,25?,26?/m0/s1. The van der Waals surface area contributed by atoms with E-state index in [1.54, 1.807) is 18.5 Å². The van der Waals surface area contributed by atoms with Crippen molar-refractivity contribution in [2.45, 2.75) is 51.0 Å². The Hall–Kier alpha value is -3.46. The van der Waals surface area contributed by atoms with Crippen molar-refractivity contribution in [1.82, 2.24) is 14.8 Å². The fourth-order valence-electron chi connectivity index (χ4n) is 7.10. The molecule has 1 aromatic heterocycles. The summed E-state index contributed by atoms with van der Waals surface area (Å²) in [6, 6.07) is 11.8. The molecule has 4 aliphatic carbocycles. The highest BCUT2D eigenvalue weighted by Crippen LogP contribution is 2.64. The van der Waals surface area contributed by atoms with Gasteiger partial charge >= 0.3 is 0 Å². The number of para-hydroxylation sites is 1. The van der Waals surface area contributed by atoms with Crippen LogP contribution in [-0.4, -0.2) is 25.6 Å². The molecule has 9 nitrogen and oxygen atoms in total. The SMILES string of the molecule is Cc1ccccc1Oc1cc(NC(=O)C23C[C@@H]4C[C@@H](C2)CC(n2cnc(Cl)n2)(C4)C3)cc([N+](=O)[O-])c1. The lowest BCUT2D eigenvalue weighted by atomic mass is 9.46. The molecule has 4 saturated carbocycles. The molecule has 36 heavy (non-hydrogen) atoms. The summed E-state index contributed by atoms with van der Waals surface area (Å²) in [4.78, 5) is 29.1. The first kappa shape index (κ1) is 23.0. The van der Waals surface area contributed by atoms with E-state index in [0.29, 0.717) is 35.4 Å². The first-order chi connectivity index (χ1) is 17.2. The summed E-state index contributed by atoms with van der Waals surface area (Å²) < 4.78 is 7.83. The number of carbonyl (C=O) groups is 1. The van der Waals surface area contributed by atoms with Gasteiger partial charge in [-0.05, 0) is 80.5 Å². The maximum atomic E-state index is 13.9. The van der Waals surface area contributed by atoms with Crippen LogP contribution in [0.3, 0.4) is 0 Å². The van der Waals surface area contributed by atoms with Crippen molar-refractivity contribution in [2.24, 2.45) is 17.3 Å². The maximum Gasteiger partial charge on any atom is 0.275 e. The van der Waals surface area contributed by atoms with Crippen molar-refractivity contribution in [3.63, 3.8) is 0 Å². The molecule has 0 spiro atoms. The molecular weight excluding hydrogens is 482 g/mol. The van der Waals surface area contributed by atoms with E-state index >= 15 is 0 Å². The zero-order valence-electron chi connectivity index (χ0n) is 19.8. The molecule has 3 aromatic rings. The normalized spacial score (nSPS) is 28.2. The number of halogens is 1. The van der Waals surface area contributed by atoms with Gasteiger partial charge in [0.1, 0.15) is 17.8 Å². The van der Waals surface area contributed by atoms with Crippen LogP contribution in [0.4, 0.5) is 11.4 Å². The molecule has 0 saturated heterocycles. The summed E-state index contributed by atoms with van der Waals surface area (Å²) >= 11 is 6.04. The van der Waals surface area contributed by atoms with Crippen molar-refractivity contribution < 1.29 is 14.5 Å². The van der Waals surface area contributed by atoms with E-state index in [2.05, 4.69) is 15.4 Å². The van der Waals surface area contributed by atoms with Gasteiger partial charge in [-0.15, -0.1) is 5.10 Å². The third kappa shape index (κ3) is 3.91. The summed E-state index contributed by atoms with van der Waals surface area (Å²) in [6.07, 6.45) is 6.98. The van der Waals surface area contributed by atoms with E-state index < -0.39 is 10.3 Å². The topological polar surface area (TPSA) is 112 Å². The minimum Gasteiger partial charge on any atom is -0.457 e. The Bertz CT molecular complexity index is 1360. The van der Waals surface area contributed by atoms with Crippen LogP contribution >= 0.6 is 11.6 Å². The average Bonchev–Trinajstić information content (AvgIpc) is 3.27. The second-order valence-electron chi connectivity index (χ2n) is 10.7. The third-order valence-corrected chi connectivity index (χ3v) is 8.32. The van der Waals surface area contributed by atoms with E-state index in [0.717, 1.165) is 37.7 Å². The molecule has 2 aromatic carbocycles. The summed E-state index contributed by atoms with van der Waals surface area (Å²) in [5.74, 6) is 1.64. The number of nitrogens with zero attached hydrogens (tertiary/aromatic N) is 4. The minimum absolute atomic E-state index is 0.102. The van der Waals surface area contributed by atoms with Crippen molar-refractivity contribution in [1.29, 1.82) is 0 Å². The summed E-state index contributed by atoms with van der Waals surface area (Å²) in [7, 11) is 0. The number of amides is 1. The van der Waals surface area contributed by atoms with Crippen LogP contribution in [0.1, 0.15) is 44.1 Å². The van der Waals surface area contributed by atoms with Crippen LogP contribution in [0.25, 0.3) is 0 Å². The molecule has 0 aliphatic heterocycles.